The second kappa shape index (κ2) is 10.7. The summed E-state index contributed by atoms with van der Waals surface area (Å²) in [6, 6.07) is 4.52. The molecule has 12 nitrogen and oxygen atoms in total. The van der Waals surface area contributed by atoms with E-state index in [1.165, 1.54) is 12.7 Å². The lowest BCUT2D eigenvalue weighted by Crippen LogP contribution is -2.52. The third kappa shape index (κ3) is 5.21. The van der Waals surface area contributed by atoms with Crippen molar-refractivity contribution in [1.82, 2.24) is 34.4 Å². The maximum Gasteiger partial charge on any atom is 0.167 e. The Labute approximate surface area is 245 Å². The van der Waals surface area contributed by atoms with Gasteiger partial charge in [0.05, 0.1) is 11.8 Å². The molecule has 2 aliphatic rings. The molecule has 0 unspecified atom stereocenters. The smallest absolute Gasteiger partial charge is 0.167 e. The summed E-state index contributed by atoms with van der Waals surface area (Å²) in [7, 11) is 0. The number of ether oxygens (including phenoxy) is 1. The zero-order valence-corrected chi connectivity index (χ0v) is 24.9. The van der Waals surface area contributed by atoms with Gasteiger partial charge in [0.25, 0.3) is 0 Å². The summed E-state index contributed by atoms with van der Waals surface area (Å²) in [5.74, 6) is 1.97. The van der Waals surface area contributed by atoms with E-state index in [-0.39, 0.29) is 23.0 Å². The second-order valence-corrected chi connectivity index (χ2v) is 13.3. The number of aliphatic hydroxyl groups is 2. The number of aromatic amines is 1. The van der Waals surface area contributed by atoms with Crippen molar-refractivity contribution in [2.75, 3.05) is 12.3 Å². The van der Waals surface area contributed by atoms with Crippen molar-refractivity contribution in [1.29, 1.82) is 0 Å². The molecule has 2 fully saturated rings. The quantitative estimate of drug-likeness (QED) is 0.209. The van der Waals surface area contributed by atoms with E-state index in [0.29, 0.717) is 35.2 Å². The SMILES string of the molecule is CC(C)N(C[C@H]1O[C@@H](n2cnc3c(N)ncnc32)[C@H](O)[C@@H]1O)[C@H]1C[C@@H](CCc2nc3cc(C(C)(C)C)cc(O)c3[nH]2)C1. The van der Waals surface area contributed by atoms with Crippen LogP contribution in [0.5, 0.6) is 5.75 Å². The molecule has 1 aliphatic heterocycles. The van der Waals surface area contributed by atoms with E-state index in [1.54, 1.807) is 4.57 Å². The highest BCUT2D eigenvalue weighted by Crippen LogP contribution is 2.39. The van der Waals surface area contributed by atoms with Gasteiger partial charge in [0, 0.05) is 25.0 Å². The van der Waals surface area contributed by atoms with Crippen molar-refractivity contribution < 1.29 is 20.1 Å². The molecule has 4 heterocycles. The Morgan fingerprint density at radius 1 is 1.14 bits per heavy atom. The summed E-state index contributed by atoms with van der Waals surface area (Å²) >= 11 is 0. The number of phenols is 1. The fourth-order valence-corrected chi connectivity index (χ4v) is 6.40. The first-order valence-corrected chi connectivity index (χ1v) is 14.8. The van der Waals surface area contributed by atoms with Crippen LogP contribution in [0.3, 0.4) is 0 Å². The lowest BCUT2D eigenvalue weighted by Gasteiger charge is -2.46. The van der Waals surface area contributed by atoms with Crippen LogP contribution in [0.25, 0.3) is 22.2 Å². The van der Waals surface area contributed by atoms with Gasteiger partial charge >= 0.3 is 0 Å². The van der Waals surface area contributed by atoms with E-state index in [0.717, 1.165) is 42.6 Å². The largest absolute Gasteiger partial charge is 0.506 e. The van der Waals surface area contributed by atoms with Gasteiger partial charge in [-0.3, -0.25) is 9.47 Å². The molecule has 4 aromatic rings. The summed E-state index contributed by atoms with van der Waals surface area (Å²) in [5.41, 5.74) is 9.31. The molecule has 4 atom stereocenters. The van der Waals surface area contributed by atoms with Gasteiger partial charge in [-0.05, 0) is 62.1 Å². The molecule has 0 amide bonds. The topological polar surface area (TPSA) is 171 Å². The molecule has 1 aromatic carbocycles. The summed E-state index contributed by atoms with van der Waals surface area (Å²) in [5, 5.41) is 32.4. The van der Waals surface area contributed by atoms with Crippen LogP contribution in [0.4, 0.5) is 5.82 Å². The number of fused-ring (bicyclic) bond motifs is 2. The molecule has 1 saturated heterocycles. The number of aromatic hydroxyl groups is 1. The average Bonchev–Trinajstić information content (AvgIpc) is 3.59. The molecule has 0 spiro atoms. The van der Waals surface area contributed by atoms with Crippen LogP contribution in [0.2, 0.25) is 0 Å². The van der Waals surface area contributed by atoms with Gasteiger partial charge in [-0.2, -0.15) is 0 Å². The van der Waals surface area contributed by atoms with E-state index in [1.807, 2.05) is 6.07 Å². The summed E-state index contributed by atoms with van der Waals surface area (Å²) in [6.45, 7) is 11.2. The number of benzene rings is 1. The number of aliphatic hydroxyl groups excluding tert-OH is 2. The van der Waals surface area contributed by atoms with Gasteiger partial charge in [0.1, 0.15) is 47.2 Å². The van der Waals surface area contributed by atoms with Gasteiger partial charge in [-0.25, -0.2) is 19.9 Å². The van der Waals surface area contributed by atoms with Crippen LogP contribution < -0.4 is 5.73 Å². The van der Waals surface area contributed by atoms with Crippen molar-refractivity contribution in [3.05, 3.63) is 36.2 Å². The first kappa shape index (κ1) is 28.8. The summed E-state index contributed by atoms with van der Waals surface area (Å²) in [4.78, 5) is 23.0. The van der Waals surface area contributed by atoms with Crippen LogP contribution in [-0.4, -0.2) is 86.6 Å². The molecular formula is C30H42N8O4. The number of imidazole rings is 2. The molecule has 1 saturated carbocycles. The normalized spacial score (nSPS) is 26.6. The molecule has 0 bridgehead atoms. The number of phenolic OH excluding ortho intramolecular Hbond substituents is 1. The molecule has 226 valence electrons. The minimum Gasteiger partial charge on any atom is -0.506 e. The van der Waals surface area contributed by atoms with Crippen LogP contribution in [0.15, 0.2) is 24.8 Å². The maximum atomic E-state index is 10.9. The number of nitrogen functional groups attached to an aromatic ring is 1. The van der Waals surface area contributed by atoms with Gasteiger partial charge in [-0.1, -0.05) is 20.8 Å². The predicted molar refractivity (Wildman–Crippen MR) is 159 cm³/mol. The number of H-pyrrole nitrogens is 1. The fourth-order valence-electron chi connectivity index (χ4n) is 6.40. The Hall–Kier alpha value is -3.32. The first-order valence-electron chi connectivity index (χ1n) is 14.8. The van der Waals surface area contributed by atoms with Crippen molar-refractivity contribution in [2.24, 2.45) is 5.92 Å². The number of nitrogens with two attached hydrogens (primary N) is 1. The fraction of sp³-hybridized carbons (Fsp3) is 0.600. The highest BCUT2D eigenvalue weighted by atomic mass is 16.6. The molecule has 3 aromatic heterocycles. The Morgan fingerprint density at radius 3 is 2.62 bits per heavy atom. The van der Waals surface area contributed by atoms with Gasteiger partial charge < -0.3 is 30.8 Å². The van der Waals surface area contributed by atoms with E-state index in [4.69, 9.17) is 15.5 Å². The number of nitrogens with one attached hydrogen (secondary N) is 1. The number of aryl methyl sites for hydroxylation is 1. The number of aromatic nitrogens is 6. The minimum absolute atomic E-state index is 0.0655. The number of rotatable bonds is 8. The van der Waals surface area contributed by atoms with Crippen molar-refractivity contribution in [3.63, 3.8) is 0 Å². The second-order valence-electron chi connectivity index (χ2n) is 13.3. The molecule has 42 heavy (non-hydrogen) atoms. The lowest BCUT2D eigenvalue weighted by molar-refractivity contribution is -0.0620. The predicted octanol–water partition coefficient (Wildman–Crippen LogP) is 3.03. The molecule has 1 aliphatic carbocycles. The Morgan fingerprint density at radius 2 is 1.90 bits per heavy atom. The zero-order valence-electron chi connectivity index (χ0n) is 24.9. The van der Waals surface area contributed by atoms with Crippen LogP contribution >= 0.6 is 0 Å². The molecule has 6 N–H and O–H groups in total. The maximum absolute atomic E-state index is 10.9. The monoisotopic (exact) mass is 578 g/mol. The van der Waals surface area contributed by atoms with Crippen LogP contribution in [0.1, 0.15) is 71.5 Å². The standard InChI is InChI=1S/C30H42N8O4/c1-15(2)37(12-21-25(40)26(41)29(42-21)38-14-34-24-27(31)32-13-33-28(24)38)18-8-16(9-18)6-7-22-35-19-10-17(30(3,4)5)11-20(39)23(19)36-22/h10-11,13-16,18,21,25-26,29,39-41H,6-9,12H2,1-5H3,(H,35,36)(H2,31,32,33)/t16-,18+,21-,25-,26-,29-/m1/s1. The van der Waals surface area contributed by atoms with Gasteiger partial charge in [0.2, 0.25) is 0 Å². The third-order valence-corrected chi connectivity index (χ3v) is 9.01. The molecule has 6 rings (SSSR count). The number of nitrogens with zero attached hydrogens (tertiary/aromatic N) is 6. The van der Waals surface area contributed by atoms with Crippen LogP contribution in [0, 0.1) is 5.92 Å². The third-order valence-electron chi connectivity index (χ3n) is 9.01. The van der Waals surface area contributed by atoms with E-state index >= 15 is 0 Å². The lowest BCUT2D eigenvalue weighted by atomic mass is 9.76. The summed E-state index contributed by atoms with van der Waals surface area (Å²) < 4.78 is 7.84. The number of hydrogen-bond donors (Lipinski definition) is 5. The number of anilines is 1. The molecule has 0 radical (unpaired) electrons. The minimum atomic E-state index is -1.13. The van der Waals surface area contributed by atoms with E-state index in [9.17, 15) is 15.3 Å². The van der Waals surface area contributed by atoms with Gasteiger partial charge in [0.15, 0.2) is 17.7 Å². The van der Waals surface area contributed by atoms with Crippen molar-refractivity contribution in [2.45, 2.75) is 102 Å². The Bertz CT molecular complexity index is 1570. The van der Waals surface area contributed by atoms with Crippen LogP contribution in [-0.2, 0) is 16.6 Å². The Kier molecular flexibility index (Phi) is 7.37. The Balaban J connectivity index is 1.06. The van der Waals surface area contributed by atoms with E-state index < -0.39 is 24.5 Å². The van der Waals surface area contributed by atoms with Crippen molar-refractivity contribution in [3.8, 4) is 5.75 Å². The van der Waals surface area contributed by atoms with E-state index in [2.05, 4.69) is 65.5 Å². The zero-order chi connectivity index (χ0) is 29.9. The van der Waals surface area contributed by atoms with Gasteiger partial charge in [-0.15, -0.1) is 0 Å². The first-order chi connectivity index (χ1) is 19.9. The summed E-state index contributed by atoms with van der Waals surface area (Å²) in [6.07, 6.45) is 3.23. The molecule has 12 heteroatoms. The number of hydrogen-bond acceptors (Lipinski definition) is 10. The highest BCUT2D eigenvalue weighted by molar-refractivity contribution is 5.83. The van der Waals surface area contributed by atoms with Crippen molar-refractivity contribution >= 4 is 28.0 Å². The average molecular weight is 579 g/mol. The molecular weight excluding hydrogens is 536 g/mol. The highest BCUT2D eigenvalue weighted by Gasteiger charge is 2.46.